The van der Waals surface area contributed by atoms with Gasteiger partial charge in [0.2, 0.25) is 11.8 Å². The number of anilines is 1. The molecule has 1 heterocycles. The Morgan fingerprint density at radius 3 is 3.00 bits per heavy atom. The molecule has 19 heavy (non-hydrogen) atoms. The maximum absolute atomic E-state index is 11.9. The van der Waals surface area contributed by atoms with Crippen molar-refractivity contribution in [1.82, 2.24) is 4.90 Å². The first-order valence-corrected chi connectivity index (χ1v) is 7.12. The molecular formula is C12H13ClN2O3S. The van der Waals surface area contributed by atoms with E-state index in [0.29, 0.717) is 28.1 Å². The first-order valence-electron chi connectivity index (χ1n) is 5.59. The zero-order valence-corrected chi connectivity index (χ0v) is 11.9. The lowest BCUT2D eigenvalue weighted by Crippen LogP contribution is -2.34. The van der Waals surface area contributed by atoms with E-state index in [1.54, 1.807) is 18.2 Å². The average molecular weight is 301 g/mol. The maximum Gasteiger partial charge on any atom is 0.244 e. The number of thioether (sulfide) groups is 1. The number of nitrogens with one attached hydrogen (secondary N) is 1. The van der Waals surface area contributed by atoms with Gasteiger partial charge in [0.15, 0.2) is 0 Å². The largest absolute Gasteiger partial charge is 0.495 e. The van der Waals surface area contributed by atoms with Gasteiger partial charge in [-0.25, -0.2) is 0 Å². The molecule has 0 spiro atoms. The molecule has 1 fully saturated rings. The summed E-state index contributed by atoms with van der Waals surface area (Å²) in [6, 6.07) is 4.96. The van der Waals surface area contributed by atoms with Gasteiger partial charge in [-0.05, 0) is 18.2 Å². The normalized spacial score (nSPS) is 14.6. The Labute approximate surface area is 120 Å². The summed E-state index contributed by atoms with van der Waals surface area (Å²) >= 11 is 7.38. The van der Waals surface area contributed by atoms with Gasteiger partial charge in [0.05, 0.1) is 24.4 Å². The van der Waals surface area contributed by atoms with Crippen LogP contribution in [0.15, 0.2) is 18.2 Å². The van der Waals surface area contributed by atoms with Gasteiger partial charge < -0.3 is 15.0 Å². The van der Waals surface area contributed by atoms with Crippen molar-refractivity contribution >= 4 is 40.9 Å². The van der Waals surface area contributed by atoms with Crippen LogP contribution in [0.1, 0.15) is 0 Å². The molecule has 0 aromatic heterocycles. The van der Waals surface area contributed by atoms with Crippen LogP contribution in [0.3, 0.4) is 0 Å². The Hall–Kier alpha value is -1.40. The average Bonchev–Trinajstić information content (AvgIpc) is 2.75. The number of halogens is 1. The summed E-state index contributed by atoms with van der Waals surface area (Å²) < 4.78 is 5.13. The quantitative estimate of drug-likeness (QED) is 0.921. The van der Waals surface area contributed by atoms with E-state index >= 15 is 0 Å². The van der Waals surface area contributed by atoms with E-state index in [2.05, 4.69) is 5.32 Å². The lowest BCUT2D eigenvalue weighted by atomic mass is 10.3. The summed E-state index contributed by atoms with van der Waals surface area (Å²) in [5.74, 6) is 1.24. The van der Waals surface area contributed by atoms with Gasteiger partial charge in [0.25, 0.3) is 0 Å². The molecule has 1 N–H and O–H groups in total. The van der Waals surface area contributed by atoms with Gasteiger partial charge in [-0.15, -0.1) is 11.8 Å². The molecular weight excluding hydrogens is 288 g/mol. The van der Waals surface area contributed by atoms with E-state index in [0.717, 1.165) is 0 Å². The van der Waals surface area contributed by atoms with Crippen LogP contribution in [0.2, 0.25) is 5.02 Å². The van der Waals surface area contributed by atoms with Gasteiger partial charge in [-0.3, -0.25) is 9.59 Å². The van der Waals surface area contributed by atoms with Gasteiger partial charge in [0.1, 0.15) is 12.3 Å². The van der Waals surface area contributed by atoms with E-state index in [-0.39, 0.29) is 18.4 Å². The fraction of sp³-hybridized carbons (Fsp3) is 0.333. The highest BCUT2D eigenvalue weighted by molar-refractivity contribution is 8.00. The van der Waals surface area contributed by atoms with Crippen LogP contribution in [0, 0.1) is 0 Å². The monoisotopic (exact) mass is 300 g/mol. The molecule has 1 aromatic rings. The highest BCUT2D eigenvalue weighted by Gasteiger charge is 2.23. The lowest BCUT2D eigenvalue weighted by molar-refractivity contribution is -0.130. The SMILES string of the molecule is COc1ccc(Cl)cc1NC(=O)CN1CSCC1=O. The highest BCUT2D eigenvalue weighted by atomic mass is 35.5. The number of benzene rings is 1. The van der Waals surface area contributed by atoms with Crippen molar-refractivity contribution in [2.45, 2.75) is 0 Å². The predicted octanol–water partition coefficient (Wildman–Crippen LogP) is 1.82. The molecule has 1 aromatic carbocycles. The van der Waals surface area contributed by atoms with E-state index in [1.165, 1.54) is 23.8 Å². The number of carbonyl (C=O) groups is 2. The second kappa shape index (κ2) is 6.16. The number of carbonyl (C=O) groups excluding carboxylic acids is 2. The number of hydrogen-bond donors (Lipinski definition) is 1. The van der Waals surface area contributed by atoms with Gasteiger partial charge >= 0.3 is 0 Å². The number of methoxy groups -OCH3 is 1. The molecule has 7 heteroatoms. The third kappa shape index (κ3) is 3.54. The van der Waals surface area contributed by atoms with Crippen LogP contribution in [0.4, 0.5) is 5.69 Å². The molecule has 0 unspecified atom stereocenters. The minimum Gasteiger partial charge on any atom is -0.495 e. The molecule has 0 aliphatic carbocycles. The Morgan fingerprint density at radius 1 is 1.58 bits per heavy atom. The summed E-state index contributed by atoms with van der Waals surface area (Å²) in [5.41, 5.74) is 0.499. The maximum atomic E-state index is 11.9. The lowest BCUT2D eigenvalue weighted by Gasteiger charge is -2.15. The molecule has 0 atom stereocenters. The molecule has 1 aliphatic heterocycles. The topological polar surface area (TPSA) is 58.6 Å². The fourth-order valence-corrected chi connectivity index (χ4v) is 2.76. The Kier molecular flexibility index (Phi) is 4.55. The summed E-state index contributed by atoms with van der Waals surface area (Å²) in [4.78, 5) is 24.8. The van der Waals surface area contributed by atoms with Crippen molar-refractivity contribution in [1.29, 1.82) is 0 Å². The second-order valence-electron chi connectivity index (χ2n) is 3.96. The fourth-order valence-electron chi connectivity index (χ4n) is 1.68. The molecule has 102 valence electrons. The molecule has 2 rings (SSSR count). The van der Waals surface area contributed by atoms with Crippen LogP contribution in [0.25, 0.3) is 0 Å². The van der Waals surface area contributed by atoms with Crippen LogP contribution in [-0.4, -0.2) is 42.0 Å². The minimum absolute atomic E-state index is 0.0155. The summed E-state index contributed by atoms with van der Waals surface area (Å²) in [6.07, 6.45) is 0. The zero-order chi connectivity index (χ0) is 13.8. The number of rotatable bonds is 4. The summed E-state index contributed by atoms with van der Waals surface area (Å²) in [5, 5.41) is 3.20. The molecule has 0 saturated carbocycles. The molecule has 0 radical (unpaired) electrons. The Balaban J connectivity index is 2.02. The second-order valence-corrected chi connectivity index (χ2v) is 5.35. The highest BCUT2D eigenvalue weighted by Crippen LogP contribution is 2.27. The molecule has 1 saturated heterocycles. The molecule has 0 bridgehead atoms. The van der Waals surface area contributed by atoms with Crippen molar-refractivity contribution < 1.29 is 14.3 Å². The third-order valence-corrected chi connectivity index (χ3v) is 3.78. The molecule has 5 nitrogen and oxygen atoms in total. The predicted molar refractivity (Wildman–Crippen MR) is 75.7 cm³/mol. The van der Waals surface area contributed by atoms with Gasteiger partial charge in [0, 0.05) is 5.02 Å². The number of amides is 2. The van der Waals surface area contributed by atoms with E-state index in [1.807, 2.05) is 0 Å². The van der Waals surface area contributed by atoms with Crippen molar-refractivity contribution in [2.24, 2.45) is 0 Å². The molecule has 1 aliphatic rings. The number of nitrogens with zero attached hydrogens (tertiary/aromatic N) is 1. The Bertz CT molecular complexity index is 510. The van der Waals surface area contributed by atoms with Crippen LogP contribution >= 0.6 is 23.4 Å². The van der Waals surface area contributed by atoms with E-state index < -0.39 is 0 Å². The smallest absolute Gasteiger partial charge is 0.244 e. The molecule has 2 amide bonds. The van der Waals surface area contributed by atoms with Crippen molar-refractivity contribution in [2.75, 3.05) is 30.6 Å². The van der Waals surface area contributed by atoms with Crippen molar-refractivity contribution in [3.8, 4) is 5.75 Å². The summed E-state index contributed by atoms with van der Waals surface area (Å²) in [7, 11) is 1.51. The summed E-state index contributed by atoms with van der Waals surface area (Å²) in [6.45, 7) is 0.0432. The number of ether oxygens (including phenoxy) is 1. The van der Waals surface area contributed by atoms with Gasteiger partial charge in [-0.1, -0.05) is 11.6 Å². The van der Waals surface area contributed by atoms with Crippen LogP contribution in [0.5, 0.6) is 5.75 Å². The Morgan fingerprint density at radius 2 is 2.37 bits per heavy atom. The zero-order valence-electron chi connectivity index (χ0n) is 10.3. The number of hydrogen-bond acceptors (Lipinski definition) is 4. The minimum atomic E-state index is -0.267. The standard InChI is InChI=1S/C12H13ClN2O3S/c1-18-10-3-2-8(13)4-9(10)14-11(16)5-15-7-19-6-12(15)17/h2-4H,5-7H2,1H3,(H,14,16). The van der Waals surface area contributed by atoms with E-state index in [9.17, 15) is 9.59 Å². The van der Waals surface area contributed by atoms with Crippen LogP contribution in [-0.2, 0) is 9.59 Å². The van der Waals surface area contributed by atoms with Crippen molar-refractivity contribution in [3.05, 3.63) is 23.2 Å². The first kappa shape index (κ1) is 14.0. The van der Waals surface area contributed by atoms with Crippen LogP contribution < -0.4 is 10.1 Å². The van der Waals surface area contributed by atoms with Crippen molar-refractivity contribution in [3.63, 3.8) is 0 Å². The first-order chi connectivity index (χ1) is 9.10. The van der Waals surface area contributed by atoms with Gasteiger partial charge in [-0.2, -0.15) is 0 Å². The van der Waals surface area contributed by atoms with E-state index in [4.69, 9.17) is 16.3 Å². The third-order valence-electron chi connectivity index (χ3n) is 2.60.